The minimum atomic E-state index is -2.17. The van der Waals surface area contributed by atoms with Crippen LogP contribution >= 0.6 is 0 Å². The van der Waals surface area contributed by atoms with Crippen molar-refractivity contribution in [2.24, 2.45) is 11.3 Å². The summed E-state index contributed by atoms with van der Waals surface area (Å²) in [5.74, 6) is -0.583. The monoisotopic (exact) mass is 249 g/mol. The predicted molar refractivity (Wildman–Crippen MR) is 63.6 cm³/mol. The molecular formula is C13H22F3N. The minimum Gasteiger partial charge on any atom is -0.303 e. The zero-order valence-corrected chi connectivity index (χ0v) is 10.9. The second-order valence-corrected chi connectivity index (χ2v) is 5.90. The summed E-state index contributed by atoms with van der Waals surface area (Å²) >= 11 is 0. The Bertz CT molecular complexity index is 269. The van der Waals surface area contributed by atoms with Crippen LogP contribution in [0.1, 0.15) is 40.0 Å². The molecule has 0 bridgehead atoms. The van der Waals surface area contributed by atoms with Gasteiger partial charge in [0.15, 0.2) is 5.83 Å². The molecule has 1 nitrogen and oxygen atoms in total. The van der Waals surface area contributed by atoms with Crippen LogP contribution in [0.25, 0.3) is 0 Å². The average molecular weight is 249 g/mol. The first-order valence-corrected chi connectivity index (χ1v) is 6.22. The van der Waals surface area contributed by atoms with E-state index in [1.54, 1.807) is 0 Å². The van der Waals surface area contributed by atoms with Crippen molar-refractivity contribution in [1.82, 2.24) is 4.90 Å². The van der Waals surface area contributed by atoms with E-state index in [1.807, 2.05) is 0 Å². The molecule has 1 heterocycles. The van der Waals surface area contributed by atoms with Crippen LogP contribution in [0.5, 0.6) is 0 Å². The van der Waals surface area contributed by atoms with E-state index in [1.165, 1.54) is 0 Å². The highest BCUT2D eigenvalue weighted by molar-refractivity contribution is 4.92. The van der Waals surface area contributed by atoms with E-state index in [2.05, 4.69) is 25.7 Å². The van der Waals surface area contributed by atoms with Crippen LogP contribution in [0.3, 0.4) is 0 Å². The van der Waals surface area contributed by atoms with Gasteiger partial charge in [-0.05, 0) is 37.3 Å². The third kappa shape index (κ3) is 4.70. The third-order valence-electron chi connectivity index (χ3n) is 3.66. The number of hydrogen-bond donors (Lipinski definition) is 0. The highest BCUT2D eigenvalue weighted by Crippen LogP contribution is 2.34. The maximum absolute atomic E-state index is 12.6. The number of likely N-dealkylation sites (tertiary alicyclic amines) is 1. The topological polar surface area (TPSA) is 3.24 Å². The molecule has 0 radical (unpaired) electrons. The molecule has 1 saturated heterocycles. The van der Waals surface area contributed by atoms with Crippen molar-refractivity contribution in [1.29, 1.82) is 0 Å². The van der Waals surface area contributed by atoms with E-state index >= 15 is 0 Å². The SMILES string of the molecule is CC(C)(C)C1CCN(CCC(F)=C(F)F)CC1. The highest BCUT2D eigenvalue weighted by Gasteiger charge is 2.28. The number of halogens is 3. The fourth-order valence-corrected chi connectivity index (χ4v) is 2.37. The summed E-state index contributed by atoms with van der Waals surface area (Å²) in [7, 11) is 0. The summed E-state index contributed by atoms with van der Waals surface area (Å²) in [5, 5.41) is 0. The van der Waals surface area contributed by atoms with Gasteiger partial charge in [0.05, 0.1) is 0 Å². The van der Waals surface area contributed by atoms with Crippen molar-refractivity contribution in [2.75, 3.05) is 19.6 Å². The molecule has 0 saturated carbocycles. The lowest BCUT2D eigenvalue weighted by molar-refractivity contribution is 0.111. The number of hydrogen-bond acceptors (Lipinski definition) is 1. The molecule has 0 atom stereocenters. The first kappa shape index (κ1) is 14.6. The van der Waals surface area contributed by atoms with Crippen molar-refractivity contribution >= 4 is 0 Å². The molecule has 0 spiro atoms. The summed E-state index contributed by atoms with van der Waals surface area (Å²) < 4.78 is 36.4. The van der Waals surface area contributed by atoms with Crippen molar-refractivity contribution < 1.29 is 13.2 Å². The largest absolute Gasteiger partial charge is 0.303 e. The average Bonchev–Trinajstić information content (AvgIpc) is 2.25. The van der Waals surface area contributed by atoms with Gasteiger partial charge in [0.1, 0.15) is 0 Å². The molecule has 1 aliphatic heterocycles. The number of rotatable bonds is 3. The van der Waals surface area contributed by atoms with Gasteiger partial charge in [0.2, 0.25) is 0 Å². The maximum atomic E-state index is 12.6. The van der Waals surface area contributed by atoms with E-state index in [4.69, 9.17) is 0 Å². The maximum Gasteiger partial charge on any atom is 0.301 e. The third-order valence-corrected chi connectivity index (χ3v) is 3.66. The van der Waals surface area contributed by atoms with Crippen LogP contribution < -0.4 is 0 Å². The van der Waals surface area contributed by atoms with Gasteiger partial charge in [-0.15, -0.1) is 0 Å². The van der Waals surface area contributed by atoms with Crippen LogP contribution in [0.4, 0.5) is 13.2 Å². The second kappa shape index (κ2) is 5.89. The lowest BCUT2D eigenvalue weighted by atomic mass is 9.75. The Kier molecular flexibility index (Phi) is 5.04. The number of nitrogens with zero attached hydrogens (tertiary/aromatic N) is 1. The van der Waals surface area contributed by atoms with Crippen molar-refractivity contribution in [2.45, 2.75) is 40.0 Å². The molecule has 0 unspecified atom stereocenters. The fourth-order valence-electron chi connectivity index (χ4n) is 2.37. The summed E-state index contributed by atoms with van der Waals surface area (Å²) in [5.41, 5.74) is 0.308. The van der Waals surface area contributed by atoms with Gasteiger partial charge in [-0.25, -0.2) is 4.39 Å². The zero-order chi connectivity index (χ0) is 13.1. The smallest absolute Gasteiger partial charge is 0.301 e. The van der Waals surface area contributed by atoms with Crippen molar-refractivity contribution in [3.05, 3.63) is 11.9 Å². The van der Waals surface area contributed by atoms with Crippen LogP contribution in [-0.2, 0) is 0 Å². The van der Waals surface area contributed by atoms with Gasteiger partial charge in [0, 0.05) is 13.0 Å². The van der Waals surface area contributed by atoms with Crippen molar-refractivity contribution in [3.63, 3.8) is 0 Å². The molecule has 100 valence electrons. The van der Waals surface area contributed by atoms with E-state index < -0.39 is 11.9 Å². The second-order valence-electron chi connectivity index (χ2n) is 5.90. The quantitative estimate of drug-likeness (QED) is 0.724. The van der Waals surface area contributed by atoms with Crippen LogP contribution in [-0.4, -0.2) is 24.5 Å². The molecule has 1 fully saturated rings. The molecule has 0 amide bonds. The highest BCUT2D eigenvalue weighted by atomic mass is 19.3. The summed E-state index contributed by atoms with van der Waals surface area (Å²) in [4.78, 5) is 2.07. The minimum absolute atomic E-state index is 0.164. The van der Waals surface area contributed by atoms with E-state index in [0.717, 1.165) is 25.9 Å². The van der Waals surface area contributed by atoms with Gasteiger partial charge in [-0.2, -0.15) is 8.78 Å². The van der Waals surface area contributed by atoms with Gasteiger partial charge >= 0.3 is 6.08 Å². The summed E-state index contributed by atoms with van der Waals surface area (Å²) in [6.07, 6.45) is -0.183. The van der Waals surface area contributed by atoms with E-state index in [9.17, 15) is 13.2 Å². The Morgan fingerprint density at radius 1 is 1.12 bits per heavy atom. The fraction of sp³-hybridized carbons (Fsp3) is 0.846. The van der Waals surface area contributed by atoms with Gasteiger partial charge in [-0.3, -0.25) is 0 Å². The van der Waals surface area contributed by atoms with E-state index in [0.29, 0.717) is 17.9 Å². The predicted octanol–water partition coefficient (Wildman–Crippen LogP) is 4.21. The normalized spacial score (nSPS) is 19.4. The Labute approximate surface area is 102 Å². The lowest BCUT2D eigenvalue weighted by Gasteiger charge is -2.38. The van der Waals surface area contributed by atoms with Crippen LogP contribution in [0.2, 0.25) is 0 Å². The molecule has 0 aromatic heterocycles. The molecule has 0 aromatic rings. The first-order valence-electron chi connectivity index (χ1n) is 6.22. The first-order chi connectivity index (χ1) is 7.80. The molecule has 0 aromatic carbocycles. The van der Waals surface area contributed by atoms with Crippen LogP contribution in [0.15, 0.2) is 11.9 Å². The standard InChI is InChI=1S/C13H22F3N/c1-13(2,3)10-4-7-17(8-5-10)9-6-11(14)12(15)16/h10H,4-9H2,1-3H3. The Morgan fingerprint density at radius 3 is 2.06 bits per heavy atom. The Morgan fingerprint density at radius 2 is 1.65 bits per heavy atom. The van der Waals surface area contributed by atoms with E-state index in [-0.39, 0.29) is 6.42 Å². The van der Waals surface area contributed by atoms with Gasteiger partial charge in [0.25, 0.3) is 0 Å². The molecule has 0 N–H and O–H groups in total. The lowest BCUT2D eigenvalue weighted by Crippen LogP contribution is -2.38. The summed E-state index contributed by atoms with van der Waals surface area (Å²) in [6, 6.07) is 0. The van der Waals surface area contributed by atoms with Crippen molar-refractivity contribution in [3.8, 4) is 0 Å². The Hall–Kier alpha value is -0.510. The zero-order valence-electron chi connectivity index (χ0n) is 10.9. The van der Waals surface area contributed by atoms with Gasteiger partial charge in [-0.1, -0.05) is 20.8 Å². The van der Waals surface area contributed by atoms with Gasteiger partial charge < -0.3 is 4.90 Å². The van der Waals surface area contributed by atoms with Crippen LogP contribution in [0, 0.1) is 11.3 Å². The molecular weight excluding hydrogens is 227 g/mol. The molecule has 1 rings (SSSR count). The number of piperidine rings is 1. The molecule has 1 aliphatic rings. The Balaban J connectivity index is 2.31. The molecule has 4 heteroatoms. The molecule has 0 aliphatic carbocycles. The summed E-state index contributed by atoms with van der Waals surface area (Å²) in [6.45, 7) is 8.88. The molecule has 17 heavy (non-hydrogen) atoms.